The zero-order valence-corrected chi connectivity index (χ0v) is 17.5. The summed E-state index contributed by atoms with van der Waals surface area (Å²) in [7, 11) is 5.80. The minimum Gasteiger partial charge on any atom is -0.497 e. The Hall–Kier alpha value is -2.84. The van der Waals surface area contributed by atoms with Crippen LogP contribution in [0.4, 0.5) is 5.13 Å². The lowest BCUT2D eigenvalue weighted by Crippen LogP contribution is -3.05. The van der Waals surface area contributed by atoms with Crippen LogP contribution in [0.5, 0.6) is 17.2 Å². The molecule has 0 fully saturated rings. The number of nitrogens with zero attached hydrogens (tertiary/aromatic N) is 2. The molecule has 0 unspecified atom stereocenters. The standard InChI is InChI=1S/C21H23N3O4S/c1-23(2)8-5-9-24(20(25)14-6-4-7-15(10-14)26-3)21-22-16-11-17-18(28-13-27-17)12-19(16)29-21/h4,6-7,10-12H,5,8-9,13H2,1-3H3/p+1. The topological polar surface area (TPSA) is 65.3 Å². The van der Waals surface area contributed by atoms with Gasteiger partial charge in [-0.3, -0.25) is 9.69 Å². The number of methoxy groups -OCH3 is 1. The third kappa shape index (κ3) is 4.13. The first-order valence-electron chi connectivity index (χ1n) is 9.50. The van der Waals surface area contributed by atoms with Crippen LogP contribution in [-0.4, -0.2) is 52.0 Å². The van der Waals surface area contributed by atoms with Gasteiger partial charge in [0.15, 0.2) is 16.6 Å². The fraction of sp³-hybridized carbons (Fsp3) is 0.333. The average molecular weight is 415 g/mol. The number of carbonyl (C=O) groups excluding carboxylic acids is 1. The maximum atomic E-state index is 13.3. The fourth-order valence-corrected chi connectivity index (χ4v) is 4.21. The molecule has 1 amide bonds. The molecule has 2 heterocycles. The van der Waals surface area contributed by atoms with Gasteiger partial charge in [0.2, 0.25) is 6.79 Å². The highest BCUT2D eigenvalue weighted by Crippen LogP contribution is 2.40. The molecule has 1 N–H and O–H groups in total. The van der Waals surface area contributed by atoms with Gasteiger partial charge in [-0.25, -0.2) is 4.98 Å². The van der Waals surface area contributed by atoms with E-state index in [-0.39, 0.29) is 12.7 Å². The van der Waals surface area contributed by atoms with E-state index >= 15 is 0 Å². The Labute approximate surface area is 173 Å². The Bertz CT molecular complexity index is 993. The number of thiazole rings is 1. The normalized spacial score (nSPS) is 12.6. The molecule has 7 nitrogen and oxygen atoms in total. The summed E-state index contributed by atoms with van der Waals surface area (Å²) in [6.45, 7) is 1.78. The van der Waals surface area contributed by atoms with Crippen LogP contribution in [0.25, 0.3) is 10.2 Å². The van der Waals surface area contributed by atoms with E-state index in [0.29, 0.717) is 28.7 Å². The van der Waals surface area contributed by atoms with Crippen molar-refractivity contribution in [3.63, 3.8) is 0 Å². The van der Waals surface area contributed by atoms with Gasteiger partial charge in [0.05, 0.1) is 38.0 Å². The molecule has 0 aliphatic carbocycles. The van der Waals surface area contributed by atoms with Crippen LogP contribution in [-0.2, 0) is 0 Å². The summed E-state index contributed by atoms with van der Waals surface area (Å²) in [6.07, 6.45) is 0.872. The third-order valence-corrected chi connectivity index (χ3v) is 5.76. The first kappa shape index (κ1) is 19.5. The Kier molecular flexibility index (Phi) is 5.55. The predicted molar refractivity (Wildman–Crippen MR) is 113 cm³/mol. The third-order valence-electron chi connectivity index (χ3n) is 4.72. The molecule has 1 aliphatic heterocycles. The summed E-state index contributed by atoms with van der Waals surface area (Å²) in [5.74, 6) is 1.98. The molecule has 8 heteroatoms. The van der Waals surface area contributed by atoms with Gasteiger partial charge in [0.25, 0.3) is 5.91 Å². The van der Waals surface area contributed by atoms with Crippen LogP contribution in [0.2, 0.25) is 0 Å². The number of quaternary nitrogens is 1. The largest absolute Gasteiger partial charge is 0.497 e. The number of fused-ring (bicyclic) bond motifs is 2. The van der Waals surface area contributed by atoms with Gasteiger partial charge in [-0.2, -0.15) is 0 Å². The predicted octanol–water partition coefficient (Wildman–Crippen LogP) is 2.21. The molecule has 0 bridgehead atoms. The zero-order valence-electron chi connectivity index (χ0n) is 16.7. The van der Waals surface area contributed by atoms with Crippen molar-refractivity contribution in [2.45, 2.75) is 6.42 Å². The quantitative estimate of drug-likeness (QED) is 0.642. The number of amides is 1. The Balaban J connectivity index is 1.67. The summed E-state index contributed by atoms with van der Waals surface area (Å²) in [5, 5.41) is 0.672. The summed E-state index contributed by atoms with van der Waals surface area (Å²) in [6, 6.07) is 11.0. The van der Waals surface area contributed by atoms with Crippen LogP contribution >= 0.6 is 11.3 Å². The molecule has 4 rings (SSSR count). The molecule has 0 atom stereocenters. The monoisotopic (exact) mass is 414 g/mol. The molecule has 0 spiro atoms. The van der Waals surface area contributed by atoms with E-state index in [0.717, 1.165) is 28.9 Å². The van der Waals surface area contributed by atoms with Crippen molar-refractivity contribution in [1.82, 2.24) is 4.98 Å². The molecule has 1 aliphatic rings. The highest BCUT2D eigenvalue weighted by Gasteiger charge is 2.23. The van der Waals surface area contributed by atoms with E-state index in [2.05, 4.69) is 14.1 Å². The van der Waals surface area contributed by atoms with Gasteiger partial charge in [-0.15, -0.1) is 0 Å². The van der Waals surface area contributed by atoms with E-state index < -0.39 is 0 Å². The molecule has 29 heavy (non-hydrogen) atoms. The lowest BCUT2D eigenvalue weighted by Gasteiger charge is -2.20. The molecular weight excluding hydrogens is 390 g/mol. The number of hydrogen-bond donors (Lipinski definition) is 1. The van der Waals surface area contributed by atoms with Gasteiger partial charge in [0, 0.05) is 30.7 Å². The van der Waals surface area contributed by atoms with Crippen LogP contribution in [0.15, 0.2) is 36.4 Å². The highest BCUT2D eigenvalue weighted by atomic mass is 32.1. The first-order chi connectivity index (χ1) is 14.0. The van der Waals surface area contributed by atoms with Crippen molar-refractivity contribution in [3.05, 3.63) is 42.0 Å². The molecule has 3 aromatic rings. The minimum atomic E-state index is -0.0863. The van der Waals surface area contributed by atoms with E-state index in [1.54, 1.807) is 24.1 Å². The number of benzene rings is 2. The number of hydrogen-bond acceptors (Lipinski definition) is 6. The second kappa shape index (κ2) is 8.26. The number of anilines is 1. The average Bonchev–Trinajstić information content (AvgIpc) is 3.34. The molecule has 0 saturated carbocycles. The maximum absolute atomic E-state index is 13.3. The molecule has 0 saturated heterocycles. The maximum Gasteiger partial charge on any atom is 0.260 e. The summed E-state index contributed by atoms with van der Waals surface area (Å²) < 4.78 is 17.2. The van der Waals surface area contributed by atoms with Crippen molar-refractivity contribution in [2.75, 3.05) is 46.0 Å². The van der Waals surface area contributed by atoms with Crippen LogP contribution in [0, 0.1) is 0 Å². The van der Waals surface area contributed by atoms with Gasteiger partial charge in [-0.1, -0.05) is 17.4 Å². The zero-order chi connectivity index (χ0) is 20.4. The Morgan fingerprint density at radius 1 is 1.24 bits per heavy atom. The highest BCUT2D eigenvalue weighted by molar-refractivity contribution is 7.22. The van der Waals surface area contributed by atoms with E-state index in [9.17, 15) is 4.79 Å². The Morgan fingerprint density at radius 3 is 2.79 bits per heavy atom. The van der Waals surface area contributed by atoms with Crippen molar-refractivity contribution < 1.29 is 23.9 Å². The van der Waals surface area contributed by atoms with Gasteiger partial charge in [-0.05, 0) is 18.2 Å². The lowest BCUT2D eigenvalue weighted by molar-refractivity contribution is -0.858. The number of rotatable bonds is 7. The lowest BCUT2D eigenvalue weighted by atomic mass is 10.2. The van der Waals surface area contributed by atoms with Gasteiger partial charge < -0.3 is 19.1 Å². The summed E-state index contributed by atoms with van der Waals surface area (Å²) >= 11 is 1.48. The van der Waals surface area contributed by atoms with Crippen molar-refractivity contribution in [1.29, 1.82) is 0 Å². The molecule has 2 aromatic carbocycles. The van der Waals surface area contributed by atoms with Crippen molar-refractivity contribution in [2.24, 2.45) is 0 Å². The second-order valence-electron chi connectivity index (χ2n) is 7.17. The summed E-state index contributed by atoms with van der Waals surface area (Å²) in [4.78, 5) is 21.2. The summed E-state index contributed by atoms with van der Waals surface area (Å²) in [5.41, 5.74) is 1.38. The minimum absolute atomic E-state index is 0.0863. The first-order valence-corrected chi connectivity index (χ1v) is 10.3. The molecule has 152 valence electrons. The van der Waals surface area contributed by atoms with E-state index in [1.165, 1.54) is 16.2 Å². The van der Waals surface area contributed by atoms with E-state index in [4.69, 9.17) is 19.2 Å². The van der Waals surface area contributed by atoms with Crippen molar-refractivity contribution >= 4 is 32.6 Å². The smallest absolute Gasteiger partial charge is 0.260 e. The number of ether oxygens (including phenoxy) is 3. The molecule has 1 aromatic heterocycles. The second-order valence-corrected chi connectivity index (χ2v) is 8.18. The molecular formula is C21H24N3O4S+. The molecule has 0 radical (unpaired) electrons. The fourth-order valence-electron chi connectivity index (χ4n) is 3.21. The van der Waals surface area contributed by atoms with Gasteiger partial charge in [0.1, 0.15) is 5.75 Å². The Morgan fingerprint density at radius 2 is 2.03 bits per heavy atom. The SMILES string of the molecule is COc1cccc(C(=O)N(CCC[NH+](C)C)c2nc3cc4c(cc3s2)OCO4)c1. The van der Waals surface area contributed by atoms with E-state index in [1.807, 2.05) is 24.3 Å². The van der Waals surface area contributed by atoms with Gasteiger partial charge >= 0.3 is 0 Å². The van der Waals surface area contributed by atoms with Crippen LogP contribution < -0.4 is 24.0 Å². The van der Waals surface area contributed by atoms with Crippen LogP contribution in [0.1, 0.15) is 16.8 Å². The number of carbonyl (C=O) groups is 1. The number of aromatic nitrogens is 1. The van der Waals surface area contributed by atoms with Crippen molar-refractivity contribution in [3.8, 4) is 17.2 Å². The van der Waals surface area contributed by atoms with Crippen LogP contribution in [0.3, 0.4) is 0 Å². The number of nitrogens with one attached hydrogen (secondary N) is 1.